The van der Waals surface area contributed by atoms with Crippen LogP contribution in [0.2, 0.25) is 0 Å². The van der Waals surface area contributed by atoms with Gasteiger partial charge in [-0.25, -0.2) is 0 Å². The Labute approximate surface area is 492 Å². The van der Waals surface area contributed by atoms with Gasteiger partial charge in [-0.1, -0.05) is 326 Å². The summed E-state index contributed by atoms with van der Waals surface area (Å²) in [5.41, 5.74) is 0. The summed E-state index contributed by atoms with van der Waals surface area (Å²) in [4.78, 5) is 38.4. The molecule has 6 nitrogen and oxygen atoms in total. The summed E-state index contributed by atoms with van der Waals surface area (Å²) in [6.45, 7) is 6.69. The zero-order chi connectivity index (χ0) is 57.1. The Balaban J connectivity index is 4.31. The molecule has 0 aliphatic rings. The molecule has 0 aromatic heterocycles. The molecule has 0 amide bonds. The van der Waals surface area contributed by atoms with Gasteiger partial charge in [0.1, 0.15) is 13.2 Å². The van der Waals surface area contributed by atoms with Gasteiger partial charge in [0, 0.05) is 19.3 Å². The summed E-state index contributed by atoms with van der Waals surface area (Å²) >= 11 is 0. The molecule has 1 atom stereocenters. The first-order chi connectivity index (χ1) is 39.0. The van der Waals surface area contributed by atoms with Gasteiger partial charge in [-0.3, -0.25) is 14.4 Å². The molecule has 0 spiro atoms. The monoisotopic (exact) mass is 1110 g/mol. The molecule has 79 heavy (non-hydrogen) atoms. The van der Waals surface area contributed by atoms with Gasteiger partial charge in [-0.2, -0.15) is 0 Å². The van der Waals surface area contributed by atoms with Crippen LogP contribution < -0.4 is 0 Å². The van der Waals surface area contributed by atoms with Gasteiger partial charge in [-0.05, 0) is 83.5 Å². The Morgan fingerprint density at radius 1 is 0.253 bits per heavy atom. The second-order valence-corrected chi connectivity index (χ2v) is 23.8. The second kappa shape index (κ2) is 67.9. The predicted octanol–water partition coefficient (Wildman–Crippen LogP) is 24.1. The first kappa shape index (κ1) is 76.4. The number of carbonyl (C=O) groups is 3. The number of hydrogen-bond acceptors (Lipinski definition) is 6. The van der Waals surface area contributed by atoms with Gasteiger partial charge < -0.3 is 14.2 Å². The van der Waals surface area contributed by atoms with Crippen molar-refractivity contribution in [2.24, 2.45) is 0 Å². The number of ether oxygens (including phenoxy) is 3. The Morgan fingerprint density at radius 2 is 0.456 bits per heavy atom. The van der Waals surface area contributed by atoms with Crippen LogP contribution in [0.1, 0.15) is 380 Å². The lowest BCUT2D eigenvalue weighted by molar-refractivity contribution is -0.167. The van der Waals surface area contributed by atoms with E-state index >= 15 is 0 Å². The standard InChI is InChI=1S/C73H134O6/c1-4-7-10-13-16-19-22-25-28-31-33-35-36-37-38-39-41-42-45-48-51-54-57-60-63-66-72(75)78-69-70(68-77-71(74)65-62-59-56-53-50-47-44-30-27-24-21-18-15-12-9-6-3)79-73(76)67-64-61-58-55-52-49-46-43-40-34-32-29-26-23-20-17-14-11-8-5-2/h22,25,30-31,33,36-37,44,70H,4-21,23-24,26-29,32,34-35,38-43,45-69H2,1-3H3/b25-22-,33-31-,37-36-,44-30-. The van der Waals surface area contributed by atoms with Crippen molar-refractivity contribution in [3.05, 3.63) is 48.6 Å². The highest BCUT2D eigenvalue weighted by Crippen LogP contribution is 2.18. The summed E-state index contributed by atoms with van der Waals surface area (Å²) in [5.74, 6) is -0.859. The highest BCUT2D eigenvalue weighted by atomic mass is 16.6. The van der Waals surface area contributed by atoms with Gasteiger partial charge >= 0.3 is 17.9 Å². The van der Waals surface area contributed by atoms with Crippen LogP contribution in [0.25, 0.3) is 0 Å². The van der Waals surface area contributed by atoms with Crippen LogP contribution in [0.5, 0.6) is 0 Å². The van der Waals surface area contributed by atoms with Crippen molar-refractivity contribution in [3.8, 4) is 0 Å². The molecular formula is C73H134O6. The fourth-order valence-electron chi connectivity index (χ4n) is 10.5. The molecule has 0 aromatic rings. The van der Waals surface area contributed by atoms with E-state index in [1.807, 2.05) is 0 Å². The van der Waals surface area contributed by atoms with E-state index in [4.69, 9.17) is 14.2 Å². The van der Waals surface area contributed by atoms with Gasteiger partial charge in [0.25, 0.3) is 0 Å². The number of hydrogen-bond donors (Lipinski definition) is 0. The molecule has 0 rings (SSSR count). The van der Waals surface area contributed by atoms with E-state index in [-0.39, 0.29) is 31.1 Å². The maximum absolute atomic E-state index is 13.0. The lowest BCUT2D eigenvalue weighted by atomic mass is 10.0. The van der Waals surface area contributed by atoms with Crippen molar-refractivity contribution < 1.29 is 28.6 Å². The van der Waals surface area contributed by atoms with Crippen LogP contribution in [0.3, 0.4) is 0 Å². The molecule has 0 aliphatic carbocycles. The molecule has 0 radical (unpaired) electrons. The van der Waals surface area contributed by atoms with Crippen LogP contribution in [0.15, 0.2) is 48.6 Å². The number of esters is 3. The van der Waals surface area contributed by atoms with Crippen LogP contribution in [0, 0.1) is 0 Å². The molecule has 1 unspecified atom stereocenters. The van der Waals surface area contributed by atoms with E-state index in [1.165, 1.54) is 263 Å². The topological polar surface area (TPSA) is 78.9 Å². The first-order valence-corrected chi connectivity index (χ1v) is 35.1. The highest BCUT2D eigenvalue weighted by molar-refractivity contribution is 5.71. The fraction of sp³-hybridized carbons (Fsp3) is 0.849. The van der Waals surface area contributed by atoms with Crippen LogP contribution in [0.4, 0.5) is 0 Å². The quantitative estimate of drug-likeness (QED) is 0.0261. The van der Waals surface area contributed by atoms with Crippen molar-refractivity contribution in [3.63, 3.8) is 0 Å². The lowest BCUT2D eigenvalue weighted by Crippen LogP contribution is -2.30. The maximum atomic E-state index is 13.0. The van der Waals surface area contributed by atoms with Crippen molar-refractivity contribution in [2.75, 3.05) is 13.2 Å². The van der Waals surface area contributed by atoms with Crippen molar-refractivity contribution >= 4 is 17.9 Å². The third kappa shape index (κ3) is 66.1. The minimum Gasteiger partial charge on any atom is -0.462 e. The van der Waals surface area contributed by atoms with E-state index in [2.05, 4.69) is 69.4 Å². The Kier molecular flexibility index (Phi) is 65.6. The summed E-state index contributed by atoms with van der Waals surface area (Å²) in [6.07, 6.45) is 85.6. The highest BCUT2D eigenvalue weighted by Gasteiger charge is 2.19. The zero-order valence-electron chi connectivity index (χ0n) is 53.2. The third-order valence-electron chi connectivity index (χ3n) is 15.8. The third-order valence-corrected chi connectivity index (χ3v) is 15.8. The van der Waals surface area contributed by atoms with Crippen LogP contribution in [-0.4, -0.2) is 37.2 Å². The summed E-state index contributed by atoms with van der Waals surface area (Å²) in [5, 5.41) is 0. The smallest absolute Gasteiger partial charge is 0.306 e. The van der Waals surface area contributed by atoms with E-state index in [1.54, 1.807) is 0 Å². The molecule has 0 heterocycles. The summed E-state index contributed by atoms with van der Waals surface area (Å²) < 4.78 is 17.0. The fourth-order valence-corrected chi connectivity index (χ4v) is 10.5. The molecule has 6 heteroatoms. The van der Waals surface area contributed by atoms with Gasteiger partial charge in [0.2, 0.25) is 0 Å². The number of unbranched alkanes of at least 4 members (excludes halogenated alkanes) is 46. The minimum atomic E-state index is -0.777. The average molecular weight is 1110 g/mol. The molecule has 0 aromatic carbocycles. The predicted molar refractivity (Wildman–Crippen MR) is 344 cm³/mol. The molecular weight excluding hydrogens is 973 g/mol. The van der Waals surface area contributed by atoms with Crippen LogP contribution in [-0.2, 0) is 28.6 Å². The maximum Gasteiger partial charge on any atom is 0.306 e. The van der Waals surface area contributed by atoms with Crippen molar-refractivity contribution in [1.82, 2.24) is 0 Å². The Hall–Kier alpha value is -2.63. The minimum absolute atomic E-state index is 0.0737. The van der Waals surface area contributed by atoms with E-state index in [0.717, 1.165) is 77.0 Å². The van der Waals surface area contributed by atoms with E-state index in [0.29, 0.717) is 19.3 Å². The number of rotatable bonds is 65. The zero-order valence-corrected chi connectivity index (χ0v) is 53.2. The second-order valence-electron chi connectivity index (χ2n) is 23.8. The molecule has 0 bridgehead atoms. The normalized spacial score (nSPS) is 12.3. The molecule has 0 N–H and O–H groups in total. The number of carbonyl (C=O) groups excluding carboxylic acids is 3. The average Bonchev–Trinajstić information content (AvgIpc) is 3.45. The van der Waals surface area contributed by atoms with Crippen LogP contribution >= 0.6 is 0 Å². The molecule has 0 fully saturated rings. The van der Waals surface area contributed by atoms with E-state index < -0.39 is 6.10 Å². The first-order valence-electron chi connectivity index (χ1n) is 35.1. The molecule has 462 valence electrons. The van der Waals surface area contributed by atoms with E-state index in [9.17, 15) is 14.4 Å². The summed E-state index contributed by atoms with van der Waals surface area (Å²) in [7, 11) is 0. The van der Waals surface area contributed by atoms with Gasteiger partial charge in [0.05, 0.1) is 0 Å². The summed E-state index contributed by atoms with van der Waals surface area (Å²) in [6, 6.07) is 0. The van der Waals surface area contributed by atoms with Gasteiger partial charge in [0.15, 0.2) is 6.10 Å². The molecule has 0 saturated heterocycles. The van der Waals surface area contributed by atoms with Gasteiger partial charge in [-0.15, -0.1) is 0 Å². The largest absolute Gasteiger partial charge is 0.462 e. The lowest BCUT2D eigenvalue weighted by Gasteiger charge is -2.18. The van der Waals surface area contributed by atoms with Crippen molar-refractivity contribution in [1.29, 1.82) is 0 Å². The Morgan fingerprint density at radius 3 is 0.722 bits per heavy atom. The SMILES string of the molecule is CCCCCCC/C=C\C/C=C\C/C=C\CCCCCCCCCCCCC(=O)OCC(COC(=O)CCCCCCC/C=C\CCCCCCCCC)OC(=O)CCCCCCCCCCCCCCCCCCCCCC. The van der Waals surface area contributed by atoms with Crippen molar-refractivity contribution in [2.45, 2.75) is 386 Å². The molecule has 0 saturated carbocycles. The number of allylic oxidation sites excluding steroid dienone is 8. The molecule has 0 aliphatic heterocycles. The Bertz CT molecular complexity index is 1360.